The Morgan fingerprint density at radius 2 is 2.25 bits per heavy atom. The monoisotopic (exact) mass is 187 g/mol. The molecule has 0 saturated heterocycles. The average molecular weight is 188 g/mol. The van der Waals surface area contributed by atoms with E-state index in [9.17, 15) is 4.79 Å². The minimum Gasteiger partial charge on any atom is -0.335 e. The summed E-state index contributed by atoms with van der Waals surface area (Å²) in [4.78, 5) is 12.7. The molecule has 0 bridgehead atoms. The standard InChI is InChI=1S/C9H14ClNO/c1-3-8-11(2)9(12)6-4-5-7-10/h1H,4-8H2,2H3. The first-order chi connectivity index (χ1) is 5.72. The summed E-state index contributed by atoms with van der Waals surface area (Å²) in [7, 11) is 1.71. The van der Waals surface area contributed by atoms with Gasteiger partial charge in [-0.3, -0.25) is 4.79 Å². The molecule has 0 aromatic heterocycles. The number of rotatable bonds is 5. The van der Waals surface area contributed by atoms with Crippen LogP contribution in [0, 0.1) is 12.3 Å². The van der Waals surface area contributed by atoms with Crippen molar-refractivity contribution in [2.45, 2.75) is 19.3 Å². The van der Waals surface area contributed by atoms with Crippen LogP contribution in [0.15, 0.2) is 0 Å². The second-order valence-electron chi connectivity index (χ2n) is 2.60. The summed E-state index contributed by atoms with van der Waals surface area (Å²) in [6, 6.07) is 0. The number of terminal acetylenes is 1. The van der Waals surface area contributed by atoms with Gasteiger partial charge in [-0.1, -0.05) is 5.92 Å². The summed E-state index contributed by atoms with van der Waals surface area (Å²) in [6.45, 7) is 0.389. The largest absolute Gasteiger partial charge is 0.335 e. The second kappa shape index (κ2) is 7.00. The number of unbranched alkanes of at least 4 members (excludes halogenated alkanes) is 1. The third-order valence-corrected chi connectivity index (χ3v) is 1.80. The normalized spacial score (nSPS) is 9.08. The molecule has 0 fully saturated rings. The van der Waals surface area contributed by atoms with Gasteiger partial charge in [-0.2, -0.15) is 0 Å². The summed E-state index contributed by atoms with van der Waals surface area (Å²) in [6.07, 6.45) is 7.33. The van der Waals surface area contributed by atoms with Gasteiger partial charge in [0.25, 0.3) is 0 Å². The molecule has 0 rings (SSSR count). The molecule has 0 radical (unpaired) electrons. The zero-order valence-electron chi connectivity index (χ0n) is 7.35. The highest BCUT2D eigenvalue weighted by atomic mass is 35.5. The molecule has 0 saturated carbocycles. The van der Waals surface area contributed by atoms with Crippen LogP contribution in [0.25, 0.3) is 0 Å². The van der Waals surface area contributed by atoms with Gasteiger partial charge in [-0.15, -0.1) is 18.0 Å². The molecule has 0 aliphatic heterocycles. The van der Waals surface area contributed by atoms with Crippen LogP contribution in [0.3, 0.4) is 0 Å². The smallest absolute Gasteiger partial charge is 0.223 e. The van der Waals surface area contributed by atoms with E-state index in [1.54, 1.807) is 11.9 Å². The Morgan fingerprint density at radius 1 is 1.58 bits per heavy atom. The number of amides is 1. The summed E-state index contributed by atoms with van der Waals surface area (Å²) in [5.41, 5.74) is 0. The van der Waals surface area contributed by atoms with E-state index in [0.717, 1.165) is 12.8 Å². The predicted molar refractivity (Wildman–Crippen MR) is 51.0 cm³/mol. The van der Waals surface area contributed by atoms with E-state index in [1.165, 1.54) is 0 Å². The first-order valence-electron chi connectivity index (χ1n) is 3.95. The van der Waals surface area contributed by atoms with E-state index in [4.69, 9.17) is 18.0 Å². The Morgan fingerprint density at radius 3 is 2.75 bits per heavy atom. The van der Waals surface area contributed by atoms with Crippen molar-refractivity contribution < 1.29 is 4.79 Å². The molecular formula is C9H14ClNO. The molecule has 0 aliphatic rings. The zero-order chi connectivity index (χ0) is 9.40. The fourth-order valence-corrected chi connectivity index (χ4v) is 0.976. The highest BCUT2D eigenvalue weighted by Crippen LogP contribution is 2.00. The zero-order valence-corrected chi connectivity index (χ0v) is 8.10. The van der Waals surface area contributed by atoms with Crippen LogP contribution in [0.2, 0.25) is 0 Å². The van der Waals surface area contributed by atoms with E-state index in [0.29, 0.717) is 18.8 Å². The lowest BCUT2D eigenvalue weighted by atomic mass is 10.2. The van der Waals surface area contributed by atoms with Crippen LogP contribution in [0.4, 0.5) is 0 Å². The summed E-state index contributed by atoms with van der Waals surface area (Å²) < 4.78 is 0. The van der Waals surface area contributed by atoms with Crippen molar-refractivity contribution in [3.63, 3.8) is 0 Å². The SMILES string of the molecule is C#CCN(C)C(=O)CCCCCl. The maximum absolute atomic E-state index is 11.2. The van der Waals surface area contributed by atoms with Crippen LogP contribution < -0.4 is 0 Å². The fourth-order valence-electron chi connectivity index (χ4n) is 0.787. The molecule has 0 atom stereocenters. The van der Waals surface area contributed by atoms with E-state index in [1.807, 2.05) is 0 Å². The van der Waals surface area contributed by atoms with Gasteiger partial charge in [-0.05, 0) is 12.8 Å². The molecule has 0 unspecified atom stereocenters. The van der Waals surface area contributed by atoms with Gasteiger partial charge >= 0.3 is 0 Å². The fraction of sp³-hybridized carbons (Fsp3) is 0.667. The molecule has 1 amide bonds. The van der Waals surface area contributed by atoms with Gasteiger partial charge in [0.05, 0.1) is 6.54 Å². The lowest BCUT2D eigenvalue weighted by Crippen LogP contribution is -2.26. The molecule has 12 heavy (non-hydrogen) atoms. The molecule has 0 aromatic rings. The Balaban J connectivity index is 3.51. The number of hydrogen-bond donors (Lipinski definition) is 0. The molecule has 3 heteroatoms. The van der Waals surface area contributed by atoms with Crippen molar-refractivity contribution in [3.05, 3.63) is 0 Å². The van der Waals surface area contributed by atoms with E-state index < -0.39 is 0 Å². The topological polar surface area (TPSA) is 20.3 Å². The number of carbonyl (C=O) groups is 1. The van der Waals surface area contributed by atoms with E-state index in [-0.39, 0.29) is 5.91 Å². The van der Waals surface area contributed by atoms with Crippen molar-refractivity contribution in [2.24, 2.45) is 0 Å². The lowest BCUT2D eigenvalue weighted by molar-refractivity contribution is -0.129. The number of carbonyl (C=O) groups excluding carboxylic acids is 1. The second-order valence-corrected chi connectivity index (χ2v) is 2.98. The number of hydrogen-bond acceptors (Lipinski definition) is 1. The lowest BCUT2D eigenvalue weighted by Gasteiger charge is -2.12. The highest BCUT2D eigenvalue weighted by Gasteiger charge is 2.05. The Labute approximate surface area is 78.9 Å². The van der Waals surface area contributed by atoms with E-state index >= 15 is 0 Å². The van der Waals surface area contributed by atoms with Crippen LogP contribution in [0.1, 0.15) is 19.3 Å². The number of halogens is 1. The molecular weight excluding hydrogens is 174 g/mol. The molecule has 0 spiro atoms. The Hall–Kier alpha value is -0.680. The Bertz CT molecular complexity index is 174. The molecule has 0 N–H and O–H groups in total. The predicted octanol–water partition coefficient (Wildman–Crippen LogP) is 1.49. The average Bonchev–Trinajstić information content (AvgIpc) is 2.05. The van der Waals surface area contributed by atoms with Crippen LogP contribution in [0.5, 0.6) is 0 Å². The van der Waals surface area contributed by atoms with Crippen LogP contribution in [-0.2, 0) is 4.79 Å². The quantitative estimate of drug-likeness (QED) is 0.363. The van der Waals surface area contributed by atoms with Gasteiger partial charge in [0.1, 0.15) is 0 Å². The minimum atomic E-state index is 0.0954. The first kappa shape index (κ1) is 11.3. The maximum atomic E-state index is 11.2. The van der Waals surface area contributed by atoms with Crippen LogP contribution >= 0.6 is 11.6 Å². The molecule has 0 aliphatic carbocycles. The van der Waals surface area contributed by atoms with Crippen molar-refractivity contribution in [1.29, 1.82) is 0 Å². The summed E-state index contributed by atoms with van der Waals surface area (Å²) >= 11 is 5.47. The Kier molecular flexibility index (Phi) is 6.60. The molecule has 0 aromatic carbocycles. The summed E-state index contributed by atoms with van der Waals surface area (Å²) in [5.74, 6) is 3.13. The van der Waals surface area contributed by atoms with Crippen molar-refractivity contribution in [3.8, 4) is 12.3 Å². The van der Waals surface area contributed by atoms with Gasteiger partial charge in [-0.25, -0.2) is 0 Å². The van der Waals surface area contributed by atoms with Gasteiger partial charge in [0, 0.05) is 19.3 Å². The summed E-state index contributed by atoms with van der Waals surface area (Å²) in [5, 5.41) is 0. The third kappa shape index (κ3) is 5.03. The van der Waals surface area contributed by atoms with Crippen molar-refractivity contribution in [1.82, 2.24) is 4.90 Å². The van der Waals surface area contributed by atoms with Crippen molar-refractivity contribution in [2.75, 3.05) is 19.5 Å². The van der Waals surface area contributed by atoms with Gasteiger partial charge in [0.2, 0.25) is 5.91 Å². The molecule has 2 nitrogen and oxygen atoms in total. The number of alkyl halides is 1. The van der Waals surface area contributed by atoms with Crippen molar-refractivity contribution >= 4 is 17.5 Å². The minimum absolute atomic E-state index is 0.0954. The van der Waals surface area contributed by atoms with E-state index in [2.05, 4.69) is 5.92 Å². The van der Waals surface area contributed by atoms with Crippen LogP contribution in [-0.4, -0.2) is 30.3 Å². The molecule has 0 heterocycles. The highest BCUT2D eigenvalue weighted by molar-refractivity contribution is 6.17. The molecule has 68 valence electrons. The van der Waals surface area contributed by atoms with Gasteiger partial charge in [0.15, 0.2) is 0 Å². The number of nitrogens with zero attached hydrogens (tertiary/aromatic N) is 1. The maximum Gasteiger partial charge on any atom is 0.223 e. The van der Waals surface area contributed by atoms with Gasteiger partial charge < -0.3 is 4.90 Å². The first-order valence-corrected chi connectivity index (χ1v) is 4.49. The third-order valence-electron chi connectivity index (χ3n) is 1.53.